The molecule has 0 amide bonds. The summed E-state index contributed by atoms with van der Waals surface area (Å²) in [5.74, 6) is -4.27. The Morgan fingerprint density at radius 3 is 1.90 bits per heavy atom. The molecular weight excluding hydrogens is 514 g/mol. The van der Waals surface area contributed by atoms with E-state index in [4.69, 9.17) is 19.9 Å². The second-order valence-electron chi connectivity index (χ2n) is 10.2. The van der Waals surface area contributed by atoms with Gasteiger partial charge < -0.3 is 25.1 Å². The third-order valence-electron chi connectivity index (χ3n) is 6.69. The fourth-order valence-corrected chi connectivity index (χ4v) is 4.33. The van der Waals surface area contributed by atoms with E-state index in [-0.39, 0.29) is 23.8 Å². The molecule has 0 aromatic heterocycles. The maximum Gasteiger partial charge on any atom is 0.338 e. The van der Waals surface area contributed by atoms with Gasteiger partial charge >= 0.3 is 23.9 Å². The average molecular weight is 556 g/mol. The third kappa shape index (κ3) is 9.48. The topological polar surface area (TPSA) is 142 Å². The van der Waals surface area contributed by atoms with Gasteiger partial charge in [-0.15, -0.1) is 0 Å². The Bertz CT molecular complexity index is 1150. The summed E-state index contributed by atoms with van der Waals surface area (Å²) in [5, 5.41) is 9.73. The normalized spacial score (nSPS) is 14.8. The molecule has 9 heteroatoms. The number of ether oxygens (including phenoxy) is 3. The van der Waals surface area contributed by atoms with Gasteiger partial charge in [0.25, 0.3) is 0 Å². The molecule has 40 heavy (non-hydrogen) atoms. The van der Waals surface area contributed by atoms with Crippen molar-refractivity contribution < 1.29 is 38.5 Å². The van der Waals surface area contributed by atoms with Gasteiger partial charge in [0.05, 0.1) is 17.4 Å². The van der Waals surface area contributed by atoms with Gasteiger partial charge in [0.15, 0.2) is 11.5 Å². The van der Waals surface area contributed by atoms with Gasteiger partial charge in [-0.25, -0.2) is 4.79 Å². The number of esters is 3. The van der Waals surface area contributed by atoms with Crippen LogP contribution in [0.5, 0.6) is 11.5 Å². The van der Waals surface area contributed by atoms with Crippen molar-refractivity contribution in [3.05, 3.63) is 59.7 Å². The van der Waals surface area contributed by atoms with Crippen LogP contribution in [0.15, 0.2) is 48.5 Å². The molecule has 218 valence electrons. The summed E-state index contributed by atoms with van der Waals surface area (Å²) in [6.07, 6.45) is 2.21. The molecule has 0 fully saturated rings. The number of rotatable bonds is 15. The molecular formula is C31H41NO8. The maximum atomic E-state index is 12.8. The molecule has 4 unspecified atom stereocenters. The number of benzene rings is 2. The molecule has 0 aliphatic heterocycles. The Morgan fingerprint density at radius 1 is 0.825 bits per heavy atom. The first-order valence-electron chi connectivity index (χ1n) is 13.8. The molecule has 0 aliphatic rings. The zero-order valence-electron chi connectivity index (χ0n) is 23.9. The van der Waals surface area contributed by atoms with Gasteiger partial charge in [0, 0.05) is 5.92 Å². The van der Waals surface area contributed by atoms with Crippen molar-refractivity contribution in [1.29, 1.82) is 0 Å². The van der Waals surface area contributed by atoms with Gasteiger partial charge in [0.1, 0.15) is 12.1 Å². The molecule has 0 radical (unpaired) electrons. The molecule has 2 aromatic rings. The molecule has 9 nitrogen and oxygen atoms in total. The number of carbonyl (C=O) groups excluding carboxylic acids is 3. The molecule has 3 N–H and O–H groups in total. The predicted octanol–water partition coefficient (Wildman–Crippen LogP) is 5.50. The second-order valence-corrected chi connectivity index (χ2v) is 10.2. The van der Waals surface area contributed by atoms with Crippen molar-refractivity contribution in [2.45, 2.75) is 84.8 Å². The van der Waals surface area contributed by atoms with E-state index in [1.807, 2.05) is 13.8 Å². The number of nitrogens with two attached hydrogens (primary N) is 1. The van der Waals surface area contributed by atoms with Crippen LogP contribution in [0.25, 0.3) is 0 Å². The molecule has 0 heterocycles. The second kappa shape index (κ2) is 15.8. The Kier molecular flexibility index (Phi) is 12.8. The monoisotopic (exact) mass is 555 g/mol. The lowest BCUT2D eigenvalue weighted by Gasteiger charge is -2.25. The van der Waals surface area contributed by atoms with Crippen LogP contribution in [-0.4, -0.2) is 41.1 Å². The van der Waals surface area contributed by atoms with Crippen LogP contribution < -0.4 is 15.2 Å². The van der Waals surface area contributed by atoms with Crippen LogP contribution in [0, 0.1) is 11.8 Å². The third-order valence-corrected chi connectivity index (χ3v) is 6.69. The highest BCUT2D eigenvalue weighted by Crippen LogP contribution is 2.35. The fourth-order valence-electron chi connectivity index (χ4n) is 4.33. The van der Waals surface area contributed by atoms with Gasteiger partial charge in [-0.2, -0.15) is 0 Å². The van der Waals surface area contributed by atoms with E-state index in [0.717, 1.165) is 12.8 Å². The Morgan fingerprint density at radius 2 is 1.38 bits per heavy atom. The highest BCUT2D eigenvalue weighted by Gasteiger charge is 2.31. The summed E-state index contributed by atoms with van der Waals surface area (Å²) in [6, 6.07) is 11.6. The van der Waals surface area contributed by atoms with Crippen molar-refractivity contribution in [3.63, 3.8) is 0 Å². The lowest BCUT2D eigenvalue weighted by atomic mass is 9.87. The van der Waals surface area contributed by atoms with E-state index in [1.165, 1.54) is 12.1 Å². The number of carbonyl (C=O) groups is 4. The van der Waals surface area contributed by atoms with Crippen molar-refractivity contribution in [2.75, 3.05) is 0 Å². The number of carboxylic acid groups (broad SMARTS) is 1. The summed E-state index contributed by atoms with van der Waals surface area (Å²) in [4.78, 5) is 49.9. The highest BCUT2D eigenvalue weighted by atomic mass is 16.6. The van der Waals surface area contributed by atoms with Crippen molar-refractivity contribution in [1.82, 2.24) is 0 Å². The maximum absolute atomic E-state index is 12.8. The van der Waals surface area contributed by atoms with Gasteiger partial charge in [-0.3, -0.25) is 14.4 Å². The molecule has 0 saturated carbocycles. The van der Waals surface area contributed by atoms with Crippen LogP contribution in [-0.2, 0) is 19.1 Å². The minimum atomic E-state index is -1.35. The summed E-state index contributed by atoms with van der Waals surface area (Å²) in [5.41, 5.74) is 6.88. The smallest absolute Gasteiger partial charge is 0.338 e. The van der Waals surface area contributed by atoms with E-state index in [1.54, 1.807) is 57.2 Å². The van der Waals surface area contributed by atoms with Crippen LogP contribution in [0.4, 0.5) is 0 Å². The van der Waals surface area contributed by atoms with Crippen molar-refractivity contribution in [2.24, 2.45) is 17.6 Å². The van der Waals surface area contributed by atoms with Crippen molar-refractivity contribution >= 4 is 23.9 Å². The van der Waals surface area contributed by atoms with E-state index in [0.29, 0.717) is 24.0 Å². The van der Waals surface area contributed by atoms with E-state index in [2.05, 4.69) is 0 Å². The molecule has 0 spiro atoms. The standard InChI is InChI=1S/C31H41NO8/c1-6-11-19(3)29(35)39-25-16-15-23(18-26(25)40-30(36)20(4)12-7-2)24(27(32)28(33)34)17-21(5)38-31(37)22-13-9-8-10-14-22/h8-10,13-16,18-21,24,27H,6-7,11-12,17,32H2,1-5H3,(H,33,34)/t19?,20?,21?,24?,27-/m0/s1. The first-order chi connectivity index (χ1) is 19.0. The molecule has 5 atom stereocenters. The number of hydrogen-bond donors (Lipinski definition) is 2. The summed E-state index contributed by atoms with van der Waals surface area (Å²) >= 11 is 0. The lowest BCUT2D eigenvalue weighted by molar-refractivity contribution is -0.141. The minimum absolute atomic E-state index is 0.000904. The molecule has 0 bridgehead atoms. The highest BCUT2D eigenvalue weighted by molar-refractivity contribution is 5.89. The summed E-state index contributed by atoms with van der Waals surface area (Å²) < 4.78 is 16.8. The molecule has 2 rings (SSSR count). The average Bonchev–Trinajstić information content (AvgIpc) is 2.92. The van der Waals surface area contributed by atoms with Gasteiger partial charge in [-0.1, -0.05) is 64.8 Å². The van der Waals surface area contributed by atoms with Crippen LogP contribution >= 0.6 is 0 Å². The minimum Gasteiger partial charge on any atom is -0.480 e. The zero-order valence-corrected chi connectivity index (χ0v) is 23.9. The van der Waals surface area contributed by atoms with E-state index < -0.39 is 47.9 Å². The largest absolute Gasteiger partial charge is 0.480 e. The van der Waals surface area contributed by atoms with E-state index in [9.17, 15) is 24.3 Å². The fraction of sp³-hybridized carbons (Fsp3) is 0.484. The Balaban J connectivity index is 2.40. The number of aliphatic carboxylic acids is 1. The molecule has 0 saturated heterocycles. The van der Waals surface area contributed by atoms with E-state index >= 15 is 0 Å². The van der Waals surface area contributed by atoms with Crippen LogP contribution in [0.1, 0.15) is 88.6 Å². The number of carboxylic acids is 1. The van der Waals surface area contributed by atoms with Gasteiger partial charge in [-0.05, 0) is 56.0 Å². The zero-order chi connectivity index (χ0) is 29.8. The molecule has 0 aliphatic carbocycles. The summed E-state index contributed by atoms with van der Waals surface area (Å²) in [7, 11) is 0. The molecule has 2 aromatic carbocycles. The quantitative estimate of drug-likeness (QED) is 0.215. The predicted molar refractivity (Wildman–Crippen MR) is 150 cm³/mol. The SMILES string of the molecule is CCCC(C)C(=O)Oc1ccc(C(CC(C)OC(=O)c2ccccc2)[C@H](N)C(=O)O)cc1OC(=O)C(C)CCC. The number of hydrogen-bond acceptors (Lipinski definition) is 8. The van der Waals surface area contributed by atoms with Crippen LogP contribution in [0.2, 0.25) is 0 Å². The Labute approximate surface area is 236 Å². The van der Waals surface area contributed by atoms with Crippen molar-refractivity contribution in [3.8, 4) is 11.5 Å². The van der Waals surface area contributed by atoms with Crippen LogP contribution in [0.3, 0.4) is 0 Å². The first kappa shape index (κ1) is 32.5. The lowest BCUT2D eigenvalue weighted by Crippen LogP contribution is -2.38. The summed E-state index contributed by atoms with van der Waals surface area (Å²) in [6.45, 7) is 9.08. The first-order valence-corrected chi connectivity index (χ1v) is 13.8. The van der Waals surface area contributed by atoms with Gasteiger partial charge in [0.2, 0.25) is 0 Å². The Hall–Kier alpha value is -3.72.